The Balaban J connectivity index is 1.76. The second kappa shape index (κ2) is 6.33. The largest absolute Gasteiger partial charge is 0.467 e. The minimum absolute atomic E-state index is 0.126. The lowest BCUT2D eigenvalue weighted by molar-refractivity contribution is 0.287. The van der Waals surface area contributed by atoms with Crippen LogP contribution in [-0.4, -0.2) is 6.04 Å². The molecule has 1 saturated carbocycles. The molecule has 2 nitrogen and oxygen atoms in total. The van der Waals surface area contributed by atoms with E-state index in [0.29, 0.717) is 6.04 Å². The van der Waals surface area contributed by atoms with Crippen molar-refractivity contribution in [3.63, 3.8) is 0 Å². The van der Waals surface area contributed by atoms with Crippen LogP contribution < -0.4 is 5.32 Å². The highest BCUT2D eigenvalue weighted by molar-refractivity contribution is 7.16. The van der Waals surface area contributed by atoms with Gasteiger partial charge in [-0.05, 0) is 55.9 Å². The molecule has 0 aliphatic heterocycles. The molecule has 1 fully saturated rings. The SMILES string of the molecule is CC1CCC(NC(c2ccco2)c2ccc(Cl)s2)CC1. The van der Waals surface area contributed by atoms with Gasteiger partial charge >= 0.3 is 0 Å². The Morgan fingerprint density at radius 3 is 2.65 bits per heavy atom. The van der Waals surface area contributed by atoms with E-state index in [2.05, 4.69) is 18.3 Å². The van der Waals surface area contributed by atoms with E-state index in [1.807, 2.05) is 18.2 Å². The molecule has 108 valence electrons. The molecule has 2 aromatic rings. The van der Waals surface area contributed by atoms with Crippen molar-refractivity contribution in [3.05, 3.63) is 45.5 Å². The fourth-order valence-corrected chi connectivity index (χ4v) is 4.04. The molecule has 0 aromatic carbocycles. The first-order chi connectivity index (χ1) is 9.72. The first-order valence-electron chi connectivity index (χ1n) is 7.27. The molecule has 1 atom stereocenters. The summed E-state index contributed by atoms with van der Waals surface area (Å²) in [5, 5.41) is 3.77. The third-order valence-electron chi connectivity index (χ3n) is 4.12. The van der Waals surface area contributed by atoms with E-state index < -0.39 is 0 Å². The normalized spacial score (nSPS) is 24.7. The predicted molar refractivity (Wildman–Crippen MR) is 84.4 cm³/mol. The molecule has 0 spiro atoms. The molecule has 1 unspecified atom stereocenters. The van der Waals surface area contributed by atoms with Gasteiger partial charge in [-0.15, -0.1) is 11.3 Å². The molecule has 0 radical (unpaired) electrons. The van der Waals surface area contributed by atoms with E-state index in [1.54, 1.807) is 17.6 Å². The van der Waals surface area contributed by atoms with Crippen molar-refractivity contribution in [1.82, 2.24) is 5.32 Å². The highest BCUT2D eigenvalue weighted by atomic mass is 35.5. The van der Waals surface area contributed by atoms with E-state index in [0.717, 1.165) is 16.0 Å². The van der Waals surface area contributed by atoms with Crippen LogP contribution in [0, 0.1) is 5.92 Å². The lowest BCUT2D eigenvalue weighted by atomic mass is 9.87. The zero-order chi connectivity index (χ0) is 13.9. The van der Waals surface area contributed by atoms with E-state index in [9.17, 15) is 0 Å². The second-order valence-electron chi connectivity index (χ2n) is 5.71. The highest BCUT2D eigenvalue weighted by Gasteiger charge is 2.25. The van der Waals surface area contributed by atoms with Crippen molar-refractivity contribution in [2.45, 2.75) is 44.7 Å². The number of furan rings is 1. The molecule has 20 heavy (non-hydrogen) atoms. The van der Waals surface area contributed by atoms with Crippen LogP contribution in [0.2, 0.25) is 4.34 Å². The maximum Gasteiger partial charge on any atom is 0.126 e. The number of hydrogen-bond acceptors (Lipinski definition) is 3. The van der Waals surface area contributed by atoms with Gasteiger partial charge in [-0.2, -0.15) is 0 Å². The van der Waals surface area contributed by atoms with Crippen LogP contribution in [0.5, 0.6) is 0 Å². The van der Waals surface area contributed by atoms with Gasteiger partial charge in [0.2, 0.25) is 0 Å². The van der Waals surface area contributed by atoms with Crippen LogP contribution in [0.3, 0.4) is 0 Å². The minimum Gasteiger partial charge on any atom is -0.467 e. The van der Waals surface area contributed by atoms with Crippen LogP contribution in [0.1, 0.15) is 49.3 Å². The fourth-order valence-electron chi connectivity index (χ4n) is 2.91. The van der Waals surface area contributed by atoms with Crippen LogP contribution >= 0.6 is 22.9 Å². The van der Waals surface area contributed by atoms with E-state index in [-0.39, 0.29) is 6.04 Å². The van der Waals surface area contributed by atoms with Gasteiger partial charge < -0.3 is 9.73 Å². The van der Waals surface area contributed by atoms with Crippen molar-refractivity contribution < 1.29 is 4.42 Å². The summed E-state index contributed by atoms with van der Waals surface area (Å²) < 4.78 is 6.45. The van der Waals surface area contributed by atoms with Crippen molar-refractivity contribution >= 4 is 22.9 Å². The Bertz CT molecular complexity index is 528. The third-order valence-corrected chi connectivity index (χ3v) is 5.42. The summed E-state index contributed by atoms with van der Waals surface area (Å²) in [4.78, 5) is 1.23. The van der Waals surface area contributed by atoms with Crippen molar-refractivity contribution in [3.8, 4) is 0 Å². The number of halogens is 1. The fraction of sp³-hybridized carbons (Fsp3) is 0.500. The summed E-state index contributed by atoms with van der Waals surface area (Å²) >= 11 is 7.71. The second-order valence-corrected chi connectivity index (χ2v) is 7.46. The van der Waals surface area contributed by atoms with Crippen molar-refractivity contribution in [2.24, 2.45) is 5.92 Å². The zero-order valence-electron chi connectivity index (χ0n) is 11.6. The average Bonchev–Trinajstić information content (AvgIpc) is 3.09. The zero-order valence-corrected chi connectivity index (χ0v) is 13.2. The van der Waals surface area contributed by atoms with Gasteiger partial charge in [0.05, 0.1) is 10.6 Å². The summed E-state index contributed by atoms with van der Waals surface area (Å²) in [6.07, 6.45) is 6.86. The number of thiophene rings is 1. The Morgan fingerprint density at radius 2 is 2.05 bits per heavy atom. The lowest BCUT2D eigenvalue weighted by Gasteiger charge is -2.30. The number of rotatable bonds is 4. The molecule has 0 amide bonds. The Kier molecular flexibility index (Phi) is 4.49. The molecule has 0 bridgehead atoms. The Morgan fingerprint density at radius 1 is 1.25 bits per heavy atom. The van der Waals surface area contributed by atoms with E-state index >= 15 is 0 Å². The molecule has 3 rings (SSSR count). The van der Waals surface area contributed by atoms with Crippen molar-refractivity contribution in [1.29, 1.82) is 0 Å². The monoisotopic (exact) mass is 309 g/mol. The summed E-state index contributed by atoms with van der Waals surface area (Å²) in [5.41, 5.74) is 0. The molecule has 4 heteroatoms. The molecule has 1 aliphatic rings. The van der Waals surface area contributed by atoms with Gasteiger partial charge in [0, 0.05) is 10.9 Å². The first kappa shape index (κ1) is 14.2. The van der Waals surface area contributed by atoms with Crippen molar-refractivity contribution in [2.75, 3.05) is 0 Å². The molecule has 1 aliphatic carbocycles. The van der Waals surface area contributed by atoms with Gasteiger partial charge in [-0.3, -0.25) is 0 Å². The highest BCUT2D eigenvalue weighted by Crippen LogP contribution is 2.33. The summed E-state index contributed by atoms with van der Waals surface area (Å²) in [5.74, 6) is 1.84. The quantitative estimate of drug-likeness (QED) is 0.834. The van der Waals surface area contributed by atoms with Crippen LogP contribution in [0.15, 0.2) is 34.9 Å². The topological polar surface area (TPSA) is 25.2 Å². The van der Waals surface area contributed by atoms with Gasteiger partial charge in [-0.25, -0.2) is 0 Å². The third kappa shape index (κ3) is 3.27. The summed E-state index contributed by atoms with van der Waals surface area (Å²) in [7, 11) is 0. The van der Waals surface area contributed by atoms with Gasteiger partial charge in [0.15, 0.2) is 0 Å². The van der Waals surface area contributed by atoms with Gasteiger partial charge in [0.1, 0.15) is 11.8 Å². The summed E-state index contributed by atoms with van der Waals surface area (Å²) in [6.45, 7) is 2.35. The molecular formula is C16H20ClNOS. The molecule has 1 N–H and O–H groups in total. The smallest absolute Gasteiger partial charge is 0.126 e. The molecule has 2 heterocycles. The van der Waals surface area contributed by atoms with Gasteiger partial charge in [-0.1, -0.05) is 18.5 Å². The van der Waals surface area contributed by atoms with E-state index in [1.165, 1.54) is 30.6 Å². The molecule has 0 saturated heterocycles. The standard InChI is InChI=1S/C16H20ClNOS/c1-11-4-6-12(7-5-11)18-16(13-3-2-10-19-13)14-8-9-15(17)20-14/h2-3,8-12,16,18H,4-7H2,1H3. The molecule has 2 aromatic heterocycles. The lowest BCUT2D eigenvalue weighted by Crippen LogP contribution is -2.35. The first-order valence-corrected chi connectivity index (χ1v) is 8.46. The average molecular weight is 310 g/mol. The van der Waals surface area contributed by atoms with Crippen LogP contribution in [0.4, 0.5) is 0 Å². The Hall–Kier alpha value is -0.770. The minimum atomic E-state index is 0.126. The van der Waals surface area contributed by atoms with Gasteiger partial charge in [0.25, 0.3) is 0 Å². The number of nitrogens with one attached hydrogen (secondary N) is 1. The number of hydrogen-bond donors (Lipinski definition) is 1. The maximum atomic E-state index is 6.09. The van der Waals surface area contributed by atoms with E-state index in [4.69, 9.17) is 16.0 Å². The molecular weight excluding hydrogens is 290 g/mol. The maximum absolute atomic E-state index is 6.09. The summed E-state index contributed by atoms with van der Waals surface area (Å²) in [6, 6.07) is 8.74. The Labute approximate surface area is 129 Å². The van der Waals surface area contributed by atoms with Crippen LogP contribution in [-0.2, 0) is 0 Å². The van der Waals surface area contributed by atoms with Crippen LogP contribution in [0.25, 0.3) is 0 Å². The predicted octanol–water partition coefficient (Wildman–Crippen LogP) is 5.25.